The predicted molar refractivity (Wildman–Crippen MR) is 109 cm³/mol. The Balaban J connectivity index is 1.85. The minimum absolute atomic E-state index is 0.285. The molecular weight excluding hydrogens is 308 g/mol. The highest BCUT2D eigenvalue weighted by molar-refractivity contribution is 6.41. The molecule has 1 heterocycles. The van der Waals surface area contributed by atoms with Gasteiger partial charge in [0.1, 0.15) is 0 Å². The first-order valence-electron chi connectivity index (χ1n) is 10.4. The van der Waals surface area contributed by atoms with E-state index in [-0.39, 0.29) is 9.52 Å². The number of benzene rings is 1. The molecule has 1 aromatic carbocycles. The highest BCUT2D eigenvalue weighted by atomic mass is 28.2. The minimum atomic E-state index is -0.285. The van der Waals surface area contributed by atoms with Crippen LogP contribution in [0.25, 0.3) is 0 Å². The molecule has 0 aromatic heterocycles. The number of rotatable bonds is 11. The Morgan fingerprint density at radius 1 is 1.00 bits per heavy atom. The Labute approximate surface area is 152 Å². The van der Waals surface area contributed by atoms with Crippen LogP contribution in [-0.2, 0) is 9.78 Å². The van der Waals surface area contributed by atoms with Gasteiger partial charge in [-0.25, -0.2) is 0 Å². The van der Waals surface area contributed by atoms with Gasteiger partial charge in [-0.15, -0.1) is 0 Å². The highest BCUT2D eigenvalue weighted by Gasteiger charge is 2.31. The Morgan fingerprint density at radius 2 is 1.71 bits per heavy atom. The second-order valence-electron chi connectivity index (χ2n) is 7.99. The topological polar surface area (TPSA) is 9.23 Å². The lowest BCUT2D eigenvalue weighted by atomic mass is 9.93. The SMILES string of the molecule is CCCCCCCCCC(C)([SiH2]C1CCCCO1)c1ccccc1. The van der Waals surface area contributed by atoms with Crippen molar-refractivity contribution in [1.29, 1.82) is 0 Å². The van der Waals surface area contributed by atoms with Crippen LogP contribution in [0.4, 0.5) is 0 Å². The molecule has 1 aliphatic rings. The third-order valence-corrected chi connectivity index (χ3v) is 8.52. The van der Waals surface area contributed by atoms with E-state index in [1.54, 1.807) is 5.56 Å². The molecule has 0 radical (unpaired) electrons. The zero-order valence-electron chi connectivity index (χ0n) is 16.1. The van der Waals surface area contributed by atoms with E-state index in [4.69, 9.17) is 4.74 Å². The van der Waals surface area contributed by atoms with Crippen molar-refractivity contribution < 1.29 is 4.74 Å². The molecule has 2 rings (SSSR count). The smallest absolute Gasteiger partial charge is 0.0671 e. The van der Waals surface area contributed by atoms with Crippen LogP contribution in [0.5, 0.6) is 0 Å². The molecule has 0 saturated carbocycles. The van der Waals surface area contributed by atoms with Gasteiger partial charge in [0.2, 0.25) is 0 Å². The van der Waals surface area contributed by atoms with E-state index in [1.807, 2.05) is 0 Å². The molecule has 0 N–H and O–H groups in total. The van der Waals surface area contributed by atoms with Gasteiger partial charge in [-0.05, 0) is 36.3 Å². The molecule has 24 heavy (non-hydrogen) atoms. The van der Waals surface area contributed by atoms with Crippen molar-refractivity contribution in [2.24, 2.45) is 0 Å². The minimum Gasteiger partial charge on any atom is -0.382 e. The largest absolute Gasteiger partial charge is 0.382 e. The van der Waals surface area contributed by atoms with Gasteiger partial charge in [0.15, 0.2) is 0 Å². The third-order valence-electron chi connectivity index (χ3n) is 5.76. The Kier molecular flexibility index (Phi) is 9.12. The van der Waals surface area contributed by atoms with Crippen LogP contribution in [0.3, 0.4) is 0 Å². The van der Waals surface area contributed by atoms with Crippen molar-refractivity contribution in [2.75, 3.05) is 6.61 Å². The summed E-state index contributed by atoms with van der Waals surface area (Å²) < 4.78 is 6.13. The van der Waals surface area contributed by atoms with Crippen LogP contribution >= 0.6 is 0 Å². The molecular formula is C22H38OSi. The van der Waals surface area contributed by atoms with Gasteiger partial charge in [0.05, 0.1) is 9.52 Å². The van der Waals surface area contributed by atoms with Gasteiger partial charge < -0.3 is 4.74 Å². The van der Waals surface area contributed by atoms with E-state index in [9.17, 15) is 0 Å². The molecule has 1 aliphatic heterocycles. The fourth-order valence-electron chi connectivity index (χ4n) is 4.15. The van der Waals surface area contributed by atoms with Crippen LogP contribution in [0.2, 0.25) is 0 Å². The molecule has 2 atom stereocenters. The quantitative estimate of drug-likeness (QED) is 0.367. The Hall–Kier alpha value is -0.603. The van der Waals surface area contributed by atoms with Crippen molar-refractivity contribution >= 4 is 9.52 Å². The third kappa shape index (κ3) is 6.72. The maximum Gasteiger partial charge on any atom is 0.0671 e. The lowest BCUT2D eigenvalue weighted by molar-refractivity contribution is 0.0629. The van der Waals surface area contributed by atoms with Crippen molar-refractivity contribution in [3.8, 4) is 0 Å². The summed E-state index contributed by atoms with van der Waals surface area (Å²) in [7, 11) is -0.285. The lowest BCUT2D eigenvalue weighted by Gasteiger charge is -2.35. The second-order valence-corrected chi connectivity index (χ2v) is 10.9. The molecule has 0 spiro atoms. The molecule has 1 saturated heterocycles. The summed E-state index contributed by atoms with van der Waals surface area (Å²) in [4.78, 5) is 0. The maximum atomic E-state index is 6.13. The van der Waals surface area contributed by atoms with E-state index in [0.29, 0.717) is 10.8 Å². The monoisotopic (exact) mass is 346 g/mol. The first-order valence-corrected chi connectivity index (χ1v) is 11.9. The molecule has 2 heteroatoms. The zero-order valence-corrected chi connectivity index (χ0v) is 17.5. The van der Waals surface area contributed by atoms with Crippen molar-refractivity contribution in [2.45, 2.75) is 95.2 Å². The predicted octanol–water partition coefficient (Wildman–Crippen LogP) is 5.74. The standard InChI is InChI=1S/C22H38OSi/c1-3-4-5-6-7-8-13-18-22(2,20-15-10-9-11-16-20)24-21-17-12-14-19-23-21/h9-11,15-16,21H,3-8,12-14,17-19,24H2,1-2H3. The average molecular weight is 347 g/mol. The summed E-state index contributed by atoms with van der Waals surface area (Å²) in [5, 5.41) is 0.409. The average Bonchev–Trinajstić information content (AvgIpc) is 2.62. The second kappa shape index (κ2) is 11.1. The lowest BCUT2D eigenvalue weighted by Crippen LogP contribution is -2.40. The fourth-order valence-corrected chi connectivity index (χ4v) is 6.86. The van der Waals surface area contributed by atoms with Crippen molar-refractivity contribution in [3.05, 3.63) is 35.9 Å². The van der Waals surface area contributed by atoms with E-state index < -0.39 is 0 Å². The summed E-state index contributed by atoms with van der Waals surface area (Å²) in [6, 6.07) is 11.3. The van der Waals surface area contributed by atoms with Gasteiger partial charge >= 0.3 is 0 Å². The fraction of sp³-hybridized carbons (Fsp3) is 0.727. The zero-order chi connectivity index (χ0) is 17.1. The molecule has 1 aromatic rings. The summed E-state index contributed by atoms with van der Waals surface area (Å²) in [6.45, 7) is 5.83. The maximum absolute atomic E-state index is 6.13. The van der Waals surface area contributed by atoms with E-state index in [1.165, 1.54) is 70.6 Å². The van der Waals surface area contributed by atoms with Gasteiger partial charge in [-0.3, -0.25) is 0 Å². The van der Waals surface area contributed by atoms with Crippen LogP contribution < -0.4 is 0 Å². The van der Waals surface area contributed by atoms with E-state index in [2.05, 4.69) is 44.2 Å². The first kappa shape index (κ1) is 19.7. The van der Waals surface area contributed by atoms with E-state index in [0.717, 1.165) is 6.61 Å². The van der Waals surface area contributed by atoms with Crippen LogP contribution in [0, 0.1) is 0 Å². The summed E-state index contributed by atoms with van der Waals surface area (Å²) >= 11 is 0. The van der Waals surface area contributed by atoms with Gasteiger partial charge in [0, 0.05) is 12.3 Å². The first-order chi connectivity index (χ1) is 11.7. The summed E-state index contributed by atoms with van der Waals surface area (Å²) in [5.41, 5.74) is 2.17. The molecule has 2 unspecified atom stereocenters. The van der Waals surface area contributed by atoms with Crippen LogP contribution in [0.1, 0.15) is 90.0 Å². The molecule has 0 bridgehead atoms. The number of hydrogen-bond donors (Lipinski definition) is 0. The Morgan fingerprint density at radius 3 is 2.38 bits per heavy atom. The molecule has 136 valence electrons. The molecule has 1 fully saturated rings. The summed E-state index contributed by atoms with van der Waals surface area (Å²) in [6.07, 6.45) is 15.1. The highest BCUT2D eigenvalue weighted by Crippen LogP contribution is 2.31. The molecule has 0 amide bonds. The number of hydrogen-bond acceptors (Lipinski definition) is 1. The van der Waals surface area contributed by atoms with Crippen LogP contribution in [-0.4, -0.2) is 21.9 Å². The van der Waals surface area contributed by atoms with E-state index >= 15 is 0 Å². The van der Waals surface area contributed by atoms with Crippen molar-refractivity contribution in [1.82, 2.24) is 0 Å². The normalized spacial score (nSPS) is 21.2. The summed E-state index contributed by atoms with van der Waals surface area (Å²) in [5.74, 6) is 0. The molecule has 1 nitrogen and oxygen atoms in total. The molecule has 0 aliphatic carbocycles. The van der Waals surface area contributed by atoms with Crippen molar-refractivity contribution in [3.63, 3.8) is 0 Å². The van der Waals surface area contributed by atoms with Gasteiger partial charge in [-0.2, -0.15) is 0 Å². The number of unbranched alkanes of at least 4 members (excludes halogenated alkanes) is 6. The van der Waals surface area contributed by atoms with Gasteiger partial charge in [-0.1, -0.05) is 89.1 Å². The number of ether oxygens (including phenoxy) is 1. The van der Waals surface area contributed by atoms with Gasteiger partial charge in [0.25, 0.3) is 0 Å². The Bertz CT molecular complexity index is 427. The van der Waals surface area contributed by atoms with Crippen LogP contribution in [0.15, 0.2) is 30.3 Å².